The van der Waals surface area contributed by atoms with Gasteiger partial charge >= 0.3 is 0 Å². The van der Waals surface area contributed by atoms with Gasteiger partial charge in [0.1, 0.15) is 5.78 Å². The lowest BCUT2D eigenvalue weighted by atomic mass is 9.70. The topological polar surface area (TPSA) is 37.3 Å². The van der Waals surface area contributed by atoms with Gasteiger partial charge in [-0.25, -0.2) is 0 Å². The van der Waals surface area contributed by atoms with E-state index in [0.717, 1.165) is 12.8 Å². The number of fused-ring (bicyclic) bond motifs is 2. The van der Waals surface area contributed by atoms with Gasteiger partial charge in [-0.05, 0) is 30.6 Å². The van der Waals surface area contributed by atoms with Crippen molar-refractivity contribution in [2.75, 3.05) is 0 Å². The van der Waals surface area contributed by atoms with E-state index in [4.69, 9.17) is 0 Å². The SMILES string of the molecule is CCC(O)C1C(=O)C2(C)CCC1C2(C)C. The molecule has 0 aromatic heterocycles. The molecule has 2 fully saturated rings. The highest BCUT2D eigenvalue weighted by Gasteiger charge is 2.67. The summed E-state index contributed by atoms with van der Waals surface area (Å²) < 4.78 is 0. The maximum atomic E-state index is 12.3. The van der Waals surface area contributed by atoms with Gasteiger partial charge in [0.15, 0.2) is 0 Å². The predicted octanol–water partition coefficient (Wildman–Crippen LogP) is 2.40. The summed E-state index contributed by atoms with van der Waals surface area (Å²) in [6.07, 6.45) is 2.39. The molecule has 2 aliphatic rings. The zero-order valence-electron chi connectivity index (χ0n) is 10.2. The van der Waals surface area contributed by atoms with Gasteiger partial charge in [0, 0.05) is 11.3 Å². The number of hydrogen-bond donors (Lipinski definition) is 1. The molecule has 2 rings (SSSR count). The molecule has 15 heavy (non-hydrogen) atoms. The van der Waals surface area contributed by atoms with Gasteiger partial charge < -0.3 is 5.11 Å². The van der Waals surface area contributed by atoms with Crippen molar-refractivity contribution in [3.8, 4) is 0 Å². The fraction of sp³-hybridized carbons (Fsp3) is 0.923. The van der Waals surface area contributed by atoms with Gasteiger partial charge in [0.05, 0.1) is 6.10 Å². The van der Waals surface area contributed by atoms with Crippen molar-refractivity contribution < 1.29 is 9.90 Å². The van der Waals surface area contributed by atoms with Crippen molar-refractivity contribution in [3.63, 3.8) is 0 Å². The van der Waals surface area contributed by atoms with Crippen LogP contribution in [0.5, 0.6) is 0 Å². The molecule has 4 unspecified atom stereocenters. The number of rotatable bonds is 2. The first-order valence-electron chi connectivity index (χ1n) is 6.08. The third-order valence-electron chi connectivity index (χ3n) is 5.42. The van der Waals surface area contributed by atoms with Gasteiger partial charge in [0.25, 0.3) is 0 Å². The lowest BCUT2D eigenvalue weighted by Gasteiger charge is -2.32. The Morgan fingerprint density at radius 3 is 2.47 bits per heavy atom. The summed E-state index contributed by atoms with van der Waals surface area (Å²) in [5.74, 6) is 0.617. The van der Waals surface area contributed by atoms with Gasteiger partial charge in [0.2, 0.25) is 0 Å². The molecule has 86 valence electrons. The van der Waals surface area contributed by atoms with E-state index < -0.39 is 6.10 Å². The normalized spacial score (nSPS) is 44.7. The molecule has 2 aliphatic carbocycles. The van der Waals surface area contributed by atoms with Crippen LogP contribution in [0.3, 0.4) is 0 Å². The Kier molecular flexibility index (Phi) is 2.27. The maximum absolute atomic E-state index is 12.3. The largest absolute Gasteiger partial charge is 0.392 e. The van der Waals surface area contributed by atoms with E-state index in [-0.39, 0.29) is 16.7 Å². The second-order valence-corrected chi connectivity index (χ2v) is 6.06. The number of aliphatic hydroxyl groups excluding tert-OH is 1. The van der Waals surface area contributed by atoms with E-state index in [1.807, 2.05) is 6.92 Å². The molecule has 0 aromatic rings. The van der Waals surface area contributed by atoms with Crippen LogP contribution in [-0.4, -0.2) is 17.0 Å². The Balaban J connectivity index is 2.38. The molecule has 0 saturated heterocycles. The van der Waals surface area contributed by atoms with Crippen LogP contribution in [0.15, 0.2) is 0 Å². The highest BCUT2D eigenvalue weighted by atomic mass is 16.3. The van der Waals surface area contributed by atoms with Gasteiger partial charge in [-0.3, -0.25) is 4.79 Å². The highest BCUT2D eigenvalue weighted by molar-refractivity contribution is 5.92. The highest BCUT2D eigenvalue weighted by Crippen LogP contribution is 2.66. The van der Waals surface area contributed by atoms with Crippen LogP contribution in [0.2, 0.25) is 0 Å². The molecular formula is C13H22O2. The summed E-state index contributed by atoms with van der Waals surface area (Å²) in [5, 5.41) is 9.98. The first-order valence-corrected chi connectivity index (χ1v) is 6.08. The molecule has 0 aliphatic heterocycles. The van der Waals surface area contributed by atoms with E-state index >= 15 is 0 Å². The Labute approximate surface area is 92.1 Å². The van der Waals surface area contributed by atoms with E-state index in [1.54, 1.807) is 0 Å². The lowest BCUT2D eigenvalue weighted by Crippen LogP contribution is -2.36. The summed E-state index contributed by atoms with van der Waals surface area (Å²) >= 11 is 0. The second-order valence-electron chi connectivity index (χ2n) is 6.06. The third kappa shape index (κ3) is 1.12. The average molecular weight is 210 g/mol. The Morgan fingerprint density at radius 2 is 2.07 bits per heavy atom. The van der Waals surface area contributed by atoms with Crippen LogP contribution >= 0.6 is 0 Å². The minimum Gasteiger partial charge on any atom is -0.392 e. The summed E-state index contributed by atoms with van der Waals surface area (Å²) in [7, 11) is 0. The van der Waals surface area contributed by atoms with Crippen molar-refractivity contribution >= 4 is 5.78 Å². The fourth-order valence-electron chi connectivity index (χ4n) is 3.85. The minimum absolute atomic E-state index is 0.0743. The predicted molar refractivity (Wildman–Crippen MR) is 59.4 cm³/mol. The van der Waals surface area contributed by atoms with Crippen molar-refractivity contribution in [3.05, 3.63) is 0 Å². The van der Waals surface area contributed by atoms with E-state index in [1.165, 1.54) is 0 Å². The average Bonchev–Trinajstić information content (AvgIpc) is 2.48. The Hall–Kier alpha value is -0.370. The molecule has 0 amide bonds. The van der Waals surface area contributed by atoms with Crippen LogP contribution in [0.1, 0.15) is 47.0 Å². The Bertz CT molecular complexity index is 295. The molecule has 0 aromatic carbocycles. The van der Waals surface area contributed by atoms with Crippen molar-refractivity contribution in [2.24, 2.45) is 22.7 Å². The maximum Gasteiger partial charge on any atom is 0.145 e. The zero-order valence-corrected chi connectivity index (χ0v) is 10.2. The van der Waals surface area contributed by atoms with E-state index in [0.29, 0.717) is 18.1 Å². The second kappa shape index (κ2) is 3.07. The number of aliphatic hydroxyl groups is 1. The molecule has 0 radical (unpaired) electrons. The van der Waals surface area contributed by atoms with Crippen LogP contribution in [0.25, 0.3) is 0 Å². The number of carbonyl (C=O) groups is 1. The van der Waals surface area contributed by atoms with Gasteiger partial charge in [-0.1, -0.05) is 27.7 Å². The first kappa shape index (κ1) is 11.1. The molecule has 4 atom stereocenters. The van der Waals surface area contributed by atoms with Gasteiger partial charge in [-0.2, -0.15) is 0 Å². The minimum atomic E-state index is -0.427. The van der Waals surface area contributed by atoms with Crippen LogP contribution in [-0.2, 0) is 4.79 Å². The summed E-state index contributed by atoms with van der Waals surface area (Å²) in [6, 6.07) is 0. The quantitative estimate of drug-likeness (QED) is 0.760. The number of carbonyl (C=O) groups excluding carboxylic acids is 1. The van der Waals surface area contributed by atoms with Crippen molar-refractivity contribution in [1.82, 2.24) is 0 Å². The summed E-state index contributed by atoms with van der Waals surface area (Å²) in [5.41, 5.74) is -0.108. The fourth-order valence-corrected chi connectivity index (χ4v) is 3.85. The van der Waals surface area contributed by atoms with Crippen LogP contribution < -0.4 is 0 Å². The Morgan fingerprint density at radius 1 is 1.47 bits per heavy atom. The molecular weight excluding hydrogens is 188 g/mol. The standard InChI is InChI=1S/C13H22O2/c1-5-9(14)10-8-6-7-13(4,11(10)15)12(8,2)3/h8-10,14H,5-7H2,1-4H3. The zero-order chi connectivity index (χ0) is 11.4. The molecule has 2 bridgehead atoms. The van der Waals surface area contributed by atoms with Gasteiger partial charge in [-0.15, -0.1) is 0 Å². The summed E-state index contributed by atoms with van der Waals surface area (Å²) in [6.45, 7) is 8.45. The molecule has 2 heteroatoms. The van der Waals surface area contributed by atoms with Crippen molar-refractivity contribution in [1.29, 1.82) is 0 Å². The van der Waals surface area contributed by atoms with Crippen LogP contribution in [0.4, 0.5) is 0 Å². The smallest absolute Gasteiger partial charge is 0.145 e. The molecule has 2 nitrogen and oxygen atoms in total. The molecule has 2 saturated carbocycles. The summed E-state index contributed by atoms with van der Waals surface area (Å²) in [4.78, 5) is 12.3. The first-order chi connectivity index (χ1) is 6.86. The van der Waals surface area contributed by atoms with Crippen LogP contribution in [0, 0.1) is 22.7 Å². The molecule has 0 spiro atoms. The third-order valence-corrected chi connectivity index (χ3v) is 5.42. The van der Waals surface area contributed by atoms with E-state index in [2.05, 4.69) is 20.8 Å². The van der Waals surface area contributed by atoms with Crippen molar-refractivity contribution in [2.45, 2.75) is 53.1 Å². The van der Waals surface area contributed by atoms with E-state index in [9.17, 15) is 9.90 Å². The lowest BCUT2D eigenvalue weighted by molar-refractivity contribution is -0.134. The molecule has 0 heterocycles. The monoisotopic (exact) mass is 210 g/mol. The number of Topliss-reactive ketones (excluding diaryl/α,β-unsaturated/α-hetero) is 1. The molecule has 1 N–H and O–H groups in total. The number of hydrogen-bond acceptors (Lipinski definition) is 2. The number of ketones is 1.